The van der Waals surface area contributed by atoms with Crippen LogP contribution in [-0.2, 0) is 4.79 Å². The summed E-state index contributed by atoms with van der Waals surface area (Å²) in [5.41, 5.74) is 3.11. The molecule has 1 aromatic carbocycles. The molecule has 0 aliphatic heterocycles. The van der Waals surface area contributed by atoms with Crippen LogP contribution in [-0.4, -0.2) is 28.2 Å². The number of carbonyl (C=O) groups is 2. The van der Waals surface area contributed by atoms with Crippen molar-refractivity contribution < 1.29 is 14.7 Å². The third-order valence-electron chi connectivity index (χ3n) is 6.36. The number of rotatable bonds is 5. The Hall–Kier alpha value is -2.37. The van der Waals surface area contributed by atoms with Crippen molar-refractivity contribution in [3.63, 3.8) is 0 Å². The molecular formula is C21H27N3O3. The molecule has 0 unspecified atom stereocenters. The Morgan fingerprint density at radius 3 is 2.30 bits per heavy atom. The van der Waals surface area contributed by atoms with Crippen LogP contribution in [0.5, 0.6) is 5.75 Å². The van der Waals surface area contributed by atoms with E-state index in [1.165, 1.54) is 31.4 Å². The molecule has 4 saturated carbocycles. The van der Waals surface area contributed by atoms with Gasteiger partial charge in [0.1, 0.15) is 5.75 Å². The zero-order chi connectivity index (χ0) is 19.0. The van der Waals surface area contributed by atoms with Gasteiger partial charge in [0, 0.05) is 11.3 Å². The molecule has 4 fully saturated rings. The maximum absolute atomic E-state index is 12.6. The van der Waals surface area contributed by atoms with Crippen LogP contribution < -0.4 is 10.7 Å². The third kappa shape index (κ3) is 3.84. The van der Waals surface area contributed by atoms with Crippen LogP contribution in [0.2, 0.25) is 0 Å². The fraction of sp³-hybridized carbons (Fsp3) is 0.571. The molecule has 144 valence electrons. The highest BCUT2D eigenvalue weighted by Crippen LogP contribution is 2.55. The van der Waals surface area contributed by atoms with Crippen LogP contribution in [0.15, 0.2) is 29.4 Å². The SMILES string of the molecule is C/C(CC(=O)NC12CC3CC(CC(C3)C1)C2)=N\NC(=O)c1ccccc1O. The van der Waals surface area contributed by atoms with E-state index >= 15 is 0 Å². The number of phenols is 1. The first-order valence-electron chi connectivity index (χ1n) is 9.85. The molecule has 0 aromatic heterocycles. The van der Waals surface area contributed by atoms with Gasteiger partial charge in [-0.25, -0.2) is 5.43 Å². The number of para-hydroxylation sites is 1. The van der Waals surface area contributed by atoms with E-state index in [4.69, 9.17) is 0 Å². The fourth-order valence-corrected chi connectivity index (χ4v) is 5.75. The molecule has 4 bridgehead atoms. The number of amides is 2. The van der Waals surface area contributed by atoms with Crippen LogP contribution >= 0.6 is 0 Å². The molecule has 27 heavy (non-hydrogen) atoms. The minimum Gasteiger partial charge on any atom is -0.507 e. The number of hydrogen-bond donors (Lipinski definition) is 3. The first-order chi connectivity index (χ1) is 12.9. The van der Waals surface area contributed by atoms with E-state index in [0.717, 1.165) is 37.0 Å². The lowest BCUT2D eigenvalue weighted by Crippen LogP contribution is -2.60. The van der Waals surface area contributed by atoms with Gasteiger partial charge in [-0.05, 0) is 75.3 Å². The van der Waals surface area contributed by atoms with Gasteiger partial charge in [0.15, 0.2) is 0 Å². The molecule has 4 aliphatic carbocycles. The summed E-state index contributed by atoms with van der Waals surface area (Å²) < 4.78 is 0. The number of nitrogens with one attached hydrogen (secondary N) is 2. The molecule has 0 saturated heterocycles. The Morgan fingerprint density at radius 2 is 1.70 bits per heavy atom. The minimum atomic E-state index is -0.492. The predicted octanol–water partition coefficient (Wildman–Crippen LogP) is 2.97. The molecule has 0 heterocycles. The normalized spacial score (nSPS) is 31.6. The summed E-state index contributed by atoms with van der Waals surface area (Å²) in [5, 5.41) is 17.0. The molecule has 2 amide bonds. The van der Waals surface area contributed by atoms with Gasteiger partial charge in [0.25, 0.3) is 5.91 Å². The number of aromatic hydroxyl groups is 1. The fourth-order valence-electron chi connectivity index (χ4n) is 5.75. The molecule has 6 heteroatoms. The summed E-state index contributed by atoms with van der Waals surface area (Å²) in [6, 6.07) is 6.29. The van der Waals surface area contributed by atoms with Crippen molar-refractivity contribution in [2.45, 2.75) is 57.4 Å². The van der Waals surface area contributed by atoms with Crippen molar-refractivity contribution >= 4 is 17.5 Å². The highest BCUT2D eigenvalue weighted by Gasteiger charge is 2.51. The van der Waals surface area contributed by atoms with Crippen molar-refractivity contribution in [1.29, 1.82) is 0 Å². The first-order valence-corrected chi connectivity index (χ1v) is 9.85. The minimum absolute atomic E-state index is 0.00874. The van der Waals surface area contributed by atoms with E-state index in [0.29, 0.717) is 5.71 Å². The van der Waals surface area contributed by atoms with Gasteiger partial charge >= 0.3 is 0 Å². The number of nitrogens with zero attached hydrogens (tertiary/aromatic N) is 1. The molecule has 4 aliphatic rings. The summed E-state index contributed by atoms with van der Waals surface area (Å²) in [6.07, 6.45) is 7.54. The Balaban J connectivity index is 1.32. The standard InChI is InChI=1S/C21H27N3O3/c1-13(23-24-20(27)17-4-2-3-5-18(17)25)6-19(26)22-21-10-14-7-15(11-21)9-16(8-14)12-21/h2-5,14-16,25H,6-12H2,1H3,(H,22,26)(H,24,27)/b23-13+. The molecule has 0 spiro atoms. The van der Waals surface area contributed by atoms with Gasteiger partial charge in [-0.2, -0.15) is 5.10 Å². The van der Waals surface area contributed by atoms with E-state index < -0.39 is 5.91 Å². The number of carbonyl (C=O) groups excluding carboxylic acids is 2. The second kappa shape index (κ2) is 6.98. The lowest BCUT2D eigenvalue weighted by Gasteiger charge is -2.56. The number of benzene rings is 1. The smallest absolute Gasteiger partial charge is 0.275 e. The van der Waals surface area contributed by atoms with Crippen LogP contribution in [0, 0.1) is 17.8 Å². The Morgan fingerprint density at radius 1 is 1.11 bits per heavy atom. The summed E-state index contributed by atoms with van der Waals surface area (Å²) in [7, 11) is 0. The van der Waals surface area contributed by atoms with E-state index in [1.807, 2.05) is 0 Å². The molecule has 1 aromatic rings. The maximum atomic E-state index is 12.6. The number of hydrogen-bond acceptors (Lipinski definition) is 4. The Bertz CT molecular complexity index is 751. The number of hydrazone groups is 1. The monoisotopic (exact) mass is 369 g/mol. The Kier molecular flexibility index (Phi) is 4.66. The van der Waals surface area contributed by atoms with E-state index in [1.54, 1.807) is 19.1 Å². The molecule has 0 radical (unpaired) electrons. The predicted molar refractivity (Wildman–Crippen MR) is 102 cm³/mol. The van der Waals surface area contributed by atoms with Crippen molar-refractivity contribution in [2.75, 3.05) is 0 Å². The molecular weight excluding hydrogens is 342 g/mol. The average Bonchev–Trinajstić information content (AvgIpc) is 2.58. The van der Waals surface area contributed by atoms with Gasteiger partial charge in [-0.15, -0.1) is 0 Å². The lowest BCUT2D eigenvalue weighted by molar-refractivity contribution is -0.125. The van der Waals surface area contributed by atoms with Gasteiger partial charge < -0.3 is 10.4 Å². The summed E-state index contributed by atoms with van der Waals surface area (Å²) in [6.45, 7) is 1.73. The quantitative estimate of drug-likeness (QED) is 0.550. The molecule has 6 nitrogen and oxygen atoms in total. The van der Waals surface area contributed by atoms with Gasteiger partial charge in [-0.1, -0.05) is 12.1 Å². The topological polar surface area (TPSA) is 90.8 Å². The van der Waals surface area contributed by atoms with Crippen LogP contribution in [0.25, 0.3) is 0 Å². The third-order valence-corrected chi connectivity index (χ3v) is 6.36. The second-order valence-corrected chi connectivity index (χ2v) is 8.73. The van der Waals surface area contributed by atoms with E-state index in [2.05, 4.69) is 15.8 Å². The maximum Gasteiger partial charge on any atom is 0.275 e. The van der Waals surface area contributed by atoms with Crippen molar-refractivity contribution in [2.24, 2.45) is 22.9 Å². The van der Waals surface area contributed by atoms with Gasteiger partial charge in [-0.3, -0.25) is 9.59 Å². The highest BCUT2D eigenvalue weighted by atomic mass is 16.3. The van der Waals surface area contributed by atoms with E-state index in [9.17, 15) is 14.7 Å². The molecule has 0 atom stereocenters. The summed E-state index contributed by atoms with van der Waals surface area (Å²) in [4.78, 5) is 24.6. The van der Waals surface area contributed by atoms with Crippen molar-refractivity contribution in [1.82, 2.24) is 10.7 Å². The second-order valence-electron chi connectivity index (χ2n) is 8.73. The lowest BCUT2D eigenvalue weighted by atomic mass is 9.53. The summed E-state index contributed by atoms with van der Waals surface area (Å²) in [5.74, 6) is 1.74. The molecule has 5 rings (SSSR count). The summed E-state index contributed by atoms with van der Waals surface area (Å²) >= 11 is 0. The first kappa shape index (κ1) is 18.0. The van der Waals surface area contributed by atoms with Gasteiger partial charge in [0.2, 0.25) is 5.91 Å². The number of phenolic OH excluding ortho intramolecular Hbond substituents is 1. The van der Waals surface area contributed by atoms with Gasteiger partial charge in [0.05, 0.1) is 12.0 Å². The van der Waals surface area contributed by atoms with Crippen molar-refractivity contribution in [3.8, 4) is 5.75 Å². The highest BCUT2D eigenvalue weighted by molar-refractivity contribution is 6.02. The molecule has 3 N–H and O–H groups in total. The van der Waals surface area contributed by atoms with Crippen LogP contribution in [0.4, 0.5) is 0 Å². The average molecular weight is 369 g/mol. The van der Waals surface area contributed by atoms with E-state index in [-0.39, 0.29) is 29.2 Å². The largest absolute Gasteiger partial charge is 0.507 e. The van der Waals surface area contributed by atoms with Crippen LogP contribution in [0.1, 0.15) is 62.2 Å². The zero-order valence-electron chi connectivity index (χ0n) is 15.7. The van der Waals surface area contributed by atoms with Crippen molar-refractivity contribution in [3.05, 3.63) is 29.8 Å². The zero-order valence-corrected chi connectivity index (χ0v) is 15.7. The Labute approximate surface area is 159 Å². The van der Waals surface area contributed by atoms with Crippen LogP contribution in [0.3, 0.4) is 0 Å².